The molecule has 3 heterocycles. The molecule has 0 atom stereocenters. The molecule has 1 aromatic rings. The molecule has 1 spiro atoms. The highest BCUT2D eigenvalue weighted by Crippen LogP contribution is 2.46. The highest BCUT2D eigenvalue weighted by atomic mass is 127. The summed E-state index contributed by atoms with van der Waals surface area (Å²) in [5, 5.41) is 6.66. The van der Waals surface area contributed by atoms with Crippen molar-refractivity contribution in [1.29, 1.82) is 5.53 Å². The Morgan fingerprint density at radius 1 is 1.35 bits per heavy atom. The van der Waals surface area contributed by atoms with Gasteiger partial charge in [0.05, 0.1) is 41.8 Å². The van der Waals surface area contributed by atoms with Gasteiger partial charge in [-0.1, -0.05) is 6.07 Å². The summed E-state index contributed by atoms with van der Waals surface area (Å²) in [4.78, 5) is 31.1. The van der Waals surface area contributed by atoms with E-state index < -0.39 is 21.0 Å². The first kappa shape index (κ1) is 22.0. The first-order valence-electron chi connectivity index (χ1n) is 10.5. The molecule has 1 amide bonds. The Hall–Kier alpha value is -2.21. The summed E-state index contributed by atoms with van der Waals surface area (Å²) >= 11 is -0.590. The van der Waals surface area contributed by atoms with Gasteiger partial charge < -0.3 is 20.3 Å². The SMILES string of the molecule is CC1=C(N2CCC3(CCC(NCc4ccc(NC=IN=N)nc4)CC3)C2=O)COC1=O. The molecule has 0 aromatic carbocycles. The molecule has 0 bridgehead atoms. The molecular formula is C21H27IN6O3. The standard InChI is InChI=1S/C21H27IN6O3/c1-14-17(12-31-19(14)29)28-9-8-21(20(28)30)6-4-16(5-7-21)24-10-15-2-3-18(25-11-15)26-13-22-27-23/h2-3,11,13,16,23-24H,4-10,12H2,1H3,(H,25,26). The van der Waals surface area contributed by atoms with Gasteiger partial charge in [0.25, 0.3) is 0 Å². The zero-order valence-electron chi connectivity index (χ0n) is 17.5. The second-order valence-electron chi connectivity index (χ2n) is 8.28. The van der Waals surface area contributed by atoms with Gasteiger partial charge in [-0.15, -0.1) is 3.33 Å². The van der Waals surface area contributed by atoms with E-state index in [0.29, 0.717) is 18.2 Å². The number of likely N-dealkylation sites (tertiary alicyclic amines) is 1. The summed E-state index contributed by atoms with van der Waals surface area (Å²) < 4.78 is 10.3. The highest BCUT2D eigenvalue weighted by molar-refractivity contribution is 14.2. The van der Waals surface area contributed by atoms with Crippen molar-refractivity contribution in [3.8, 4) is 0 Å². The third kappa shape index (κ3) is 4.69. The Bertz CT molecular complexity index is 922. The lowest BCUT2D eigenvalue weighted by Gasteiger charge is -2.36. The molecule has 1 aromatic heterocycles. The molecule has 1 saturated heterocycles. The molecule has 3 N–H and O–H groups in total. The molecule has 31 heavy (non-hydrogen) atoms. The van der Waals surface area contributed by atoms with E-state index in [1.807, 2.05) is 18.3 Å². The van der Waals surface area contributed by atoms with E-state index in [0.717, 1.165) is 55.7 Å². The predicted molar refractivity (Wildman–Crippen MR) is 125 cm³/mol. The van der Waals surface area contributed by atoms with Crippen molar-refractivity contribution in [3.05, 3.63) is 35.2 Å². The second-order valence-corrected chi connectivity index (χ2v) is 9.94. The van der Waals surface area contributed by atoms with Crippen molar-refractivity contribution in [3.63, 3.8) is 0 Å². The number of hydrogen-bond donors (Lipinski definition) is 3. The fourth-order valence-corrected chi connectivity index (χ4v) is 5.24. The number of amides is 1. The molecule has 0 radical (unpaired) electrons. The lowest BCUT2D eigenvalue weighted by atomic mass is 9.71. The van der Waals surface area contributed by atoms with E-state index in [2.05, 4.69) is 18.9 Å². The third-order valence-corrected chi connectivity index (χ3v) is 7.45. The van der Waals surface area contributed by atoms with Gasteiger partial charge in [-0.3, -0.25) is 4.79 Å². The van der Waals surface area contributed by atoms with Gasteiger partial charge >= 0.3 is 5.97 Å². The van der Waals surface area contributed by atoms with Crippen molar-refractivity contribution >= 4 is 42.8 Å². The number of nitrogens with zero attached hydrogens (tertiary/aromatic N) is 3. The number of carbonyl (C=O) groups excluding carboxylic acids is 2. The Morgan fingerprint density at radius 3 is 2.81 bits per heavy atom. The van der Waals surface area contributed by atoms with Gasteiger partial charge in [0.2, 0.25) is 5.91 Å². The molecule has 1 saturated carbocycles. The zero-order chi connectivity index (χ0) is 21.8. The average molecular weight is 538 g/mol. The van der Waals surface area contributed by atoms with Crippen LogP contribution in [0.25, 0.3) is 0 Å². The van der Waals surface area contributed by atoms with Crippen LogP contribution in [0.2, 0.25) is 0 Å². The van der Waals surface area contributed by atoms with Crippen LogP contribution in [0.4, 0.5) is 5.82 Å². The number of hydrogen-bond acceptors (Lipinski definition) is 8. The molecule has 2 aliphatic heterocycles. The number of aromatic nitrogens is 1. The van der Waals surface area contributed by atoms with Gasteiger partial charge in [0, 0.05) is 25.3 Å². The summed E-state index contributed by atoms with van der Waals surface area (Å²) in [5.74, 6) is 0.622. The van der Waals surface area contributed by atoms with E-state index in [1.165, 1.54) is 0 Å². The molecule has 3 aliphatic rings. The van der Waals surface area contributed by atoms with Crippen LogP contribution in [0.1, 0.15) is 44.6 Å². The van der Waals surface area contributed by atoms with Crippen LogP contribution in [-0.4, -0.2) is 45.1 Å². The van der Waals surface area contributed by atoms with Crippen LogP contribution in [0, 0.1) is 10.9 Å². The number of rotatable bonds is 7. The number of nitrogens with one attached hydrogen (secondary N) is 3. The van der Waals surface area contributed by atoms with Gasteiger partial charge in [-0.2, -0.15) is 5.53 Å². The van der Waals surface area contributed by atoms with Crippen molar-refractivity contribution < 1.29 is 14.3 Å². The largest absolute Gasteiger partial charge is 0.456 e. The predicted octanol–water partition coefficient (Wildman–Crippen LogP) is 3.25. The molecule has 2 fully saturated rings. The number of carbonyl (C=O) groups is 2. The molecule has 0 unspecified atom stereocenters. The fourth-order valence-electron chi connectivity index (χ4n) is 4.65. The van der Waals surface area contributed by atoms with Gasteiger partial charge in [0.15, 0.2) is 0 Å². The Balaban J connectivity index is 1.27. The number of cyclic esters (lactones) is 1. The van der Waals surface area contributed by atoms with Gasteiger partial charge in [0.1, 0.15) is 12.4 Å². The van der Waals surface area contributed by atoms with E-state index in [4.69, 9.17) is 10.3 Å². The van der Waals surface area contributed by atoms with Gasteiger partial charge in [-0.05, 0) is 50.7 Å². The van der Waals surface area contributed by atoms with Crippen LogP contribution >= 0.6 is 21.0 Å². The van der Waals surface area contributed by atoms with Crippen molar-refractivity contribution in [2.45, 2.75) is 51.6 Å². The van der Waals surface area contributed by atoms with Crippen LogP contribution < -0.4 is 10.6 Å². The molecular weight excluding hydrogens is 511 g/mol. The zero-order valence-corrected chi connectivity index (χ0v) is 19.6. The third-order valence-electron chi connectivity index (χ3n) is 6.58. The van der Waals surface area contributed by atoms with Crippen LogP contribution in [-0.2, 0) is 20.9 Å². The number of ether oxygens (including phenoxy) is 1. The lowest BCUT2D eigenvalue weighted by Crippen LogP contribution is -2.42. The highest BCUT2D eigenvalue weighted by Gasteiger charge is 2.50. The van der Waals surface area contributed by atoms with Crippen molar-refractivity contribution in [2.75, 3.05) is 18.5 Å². The maximum atomic E-state index is 13.2. The van der Waals surface area contributed by atoms with E-state index in [9.17, 15) is 9.59 Å². The summed E-state index contributed by atoms with van der Waals surface area (Å²) in [7, 11) is 0. The monoisotopic (exact) mass is 538 g/mol. The molecule has 10 heteroatoms. The van der Waals surface area contributed by atoms with E-state index in [-0.39, 0.29) is 23.9 Å². The number of halogens is 1. The minimum Gasteiger partial charge on any atom is -0.456 e. The van der Waals surface area contributed by atoms with Crippen LogP contribution in [0.3, 0.4) is 0 Å². The quantitative estimate of drug-likeness (QED) is 0.279. The minimum atomic E-state index is -0.590. The molecule has 9 nitrogen and oxygen atoms in total. The number of esters is 1. The average Bonchev–Trinajstić information content (AvgIpc) is 3.28. The Morgan fingerprint density at radius 2 is 2.16 bits per heavy atom. The maximum Gasteiger partial charge on any atom is 0.336 e. The molecule has 166 valence electrons. The van der Waals surface area contributed by atoms with Crippen molar-refractivity contribution in [1.82, 2.24) is 15.2 Å². The molecule has 4 rings (SSSR count). The Kier molecular flexibility index (Phi) is 6.75. The topological polar surface area (TPSA) is 120 Å². The van der Waals surface area contributed by atoms with Crippen LogP contribution in [0.15, 0.2) is 32.9 Å². The minimum absolute atomic E-state index is 0.170. The number of anilines is 1. The number of pyridine rings is 1. The first-order chi connectivity index (χ1) is 15.0. The van der Waals surface area contributed by atoms with Crippen LogP contribution in [0.5, 0.6) is 0 Å². The fraction of sp³-hybridized carbons (Fsp3) is 0.524. The second kappa shape index (κ2) is 9.51. The van der Waals surface area contributed by atoms with Gasteiger partial charge in [-0.25, -0.2) is 9.78 Å². The summed E-state index contributed by atoms with van der Waals surface area (Å²) in [5.41, 5.74) is 8.97. The normalized spacial score (nSPS) is 26.5. The molecule has 1 aliphatic carbocycles. The summed E-state index contributed by atoms with van der Waals surface area (Å²) in [6.45, 7) is 3.39. The smallest absolute Gasteiger partial charge is 0.336 e. The Labute approximate surface area is 191 Å². The van der Waals surface area contributed by atoms with E-state index >= 15 is 0 Å². The first-order valence-corrected chi connectivity index (χ1v) is 12.7. The summed E-state index contributed by atoms with van der Waals surface area (Å²) in [6, 6.07) is 4.35. The lowest BCUT2D eigenvalue weighted by molar-refractivity contribution is -0.138. The van der Waals surface area contributed by atoms with E-state index in [1.54, 1.807) is 16.0 Å². The van der Waals surface area contributed by atoms with Crippen molar-refractivity contribution in [2.24, 2.45) is 8.74 Å². The summed E-state index contributed by atoms with van der Waals surface area (Å²) in [6.07, 6.45) is 6.40. The maximum absolute atomic E-state index is 13.2.